The maximum absolute atomic E-state index is 14.6. The van der Waals surface area contributed by atoms with Crippen LogP contribution in [0.4, 0.5) is 4.39 Å². The van der Waals surface area contributed by atoms with Crippen LogP contribution in [-0.4, -0.2) is 139 Å². The van der Waals surface area contributed by atoms with Gasteiger partial charge in [-0.3, -0.25) is 53.0 Å². The number of sulfone groups is 2. The predicted molar refractivity (Wildman–Crippen MR) is 353 cm³/mol. The number of halogens is 4. The lowest BCUT2D eigenvalue weighted by Crippen LogP contribution is -2.47. The van der Waals surface area contributed by atoms with Crippen molar-refractivity contribution in [3.8, 4) is 17.1 Å². The van der Waals surface area contributed by atoms with E-state index in [-0.39, 0.29) is 94.4 Å². The van der Waals surface area contributed by atoms with Crippen LogP contribution >= 0.6 is 67.8 Å². The average Bonchev–Trinajstić information content (AvgIpc) is 1.62. The number of pyridine rings is 5. The molecule has 0 aliphatic carbocycles. The number of aromatic carboxylic acids is 1. The Kier molecular flexibility index (Phi) is 20.1. The molecule has 2 fully saturated rings. The Balaban J connectivity index is 0.000000157. The van der Waals surface area contributed by atoms with Gasteiger partial charge in [0.1, 0.15) is 38.9 Å². The Morgan fingerprint density at radius 1 is 0.552 bits per heavy atom. The number of Topliss-reactive ketones (excluding diaryl/α,β-unsaturated/α-hetero) is 3. The molecule has 2 saturated heterocycles. The highest BCUT2D eigenvalue weighted by Crippen LogP contribution is 2.39. The van der Waals surface area contributed by atoms with Crippen LogP contribution in [-0.2, 0) is 19.7 Å². The van der Waals surface area contributed by atoms with Gasteiger partial charge in [0.25, 0.3) is 0 Å². The molecule has 462 valence electrons. The first-order valence-electron chi connectivity index (χ1n) is 27.6. The van der Waals surface area contributed by atoms with Gasteiger partial charge in [-0.1, -0.05) is 13.8 Å². The Bertz CT molecular complexity index is 4300. The molecule has 29 heteroatoms. The summed E-state index contributed by atoms with van der Waals surface area (Å²) < 4.78 is 75.6. The van der Waals surface area contributed by atoms with Crippen LogP contribution in [0, 0.1) is 27.7 Å². The van der Waals surface area contributed by atoms with Gasteiger partial charge in [-0.2, -0.15) is 20.4 Å². The number of ether oxygens (including phenoxy) is 1. The van der Waals surface area contributed by atoms with Crippen molar-refractivity contribution in [3.63, 3.8) is 0 Å². The molecule has 23 nitrogen and oxygen atoms in total. The SMILES string of the molecule is CC(=O)c1cnc2c(I)nn(C(C)C)c2c1.CC(C)n1nc(I)c2ncc(C(=O)CC3(C)CS(=O)(=O)C3)cc21.CC(C)n1nc(I)c2ncc(C(=O)O)cc21.CCOc1cc(-c2nn(C(C)C)c3cc(C(=O)CC4(C)CS(=O)(=O)C4)cnc23)c(F)cn1. The minimum atomic E-state index is -3.04. The number of carbonyl (C=O) groups is 4. The van der Waals surface area contributed by atoms with Crippen LogP contribution < -0.4 is 4.74 Å². The third-order valence-electron chi connectivity index (χ3n) is 14.1. The molecule has 0 amide bonds. The lowest BCUT2D eigenvalue weighted by atomic mass is 9.86. The zero-order chi connectivity index (χ0) is 64.0. The van der Waals surface area contributed by atoms with Gasteiger partial charge in [-0.15, -0.1) is 0 Å². The van der Waals surface area contributed by atoms with Crippen LogP contribution in [0.25, 0.3) is 55.4 Å². The Labute approximate surface area is 542 Å². The van der Waals surface area contributed by atoms with E-state index in [0.717, 1.165) is 50.4 Å². The molecule has 1 N–H and O–H groups in total. The smallest absolute Gasteiger partial charge is 0.337 e. The Hall–Kier alpha value is -6.07. The highest BCUT2D eigenvalue weighted by Gasteiger charge is 2.47. The van der Waals surface area contributed by atoms with Crippen molar-refractivity contribution in [3.05, 3.63) is 100 Å². The quantitative estimate of drug-likeness (QED) is 0.0736. The topological polar surface area (TPSA) is 302 Å². The number of aromatic nitrogens is 13. The van der Waals surface area contributed by atoms with Crippen molar-refractivity contribution in [1.29, 1.82) is 0 Å². The first kappa shape index (κ1) is 66.9. The highest BCUT2D eigenvalue weighted by molar-refractivity contribution is 14.1. The largest absolute Gasteiger partial charge is 0.478 e. The molecule has 11 heterocycles. The second-order valence-electron chi connectivity index (χ2n) is 23.4. The molecule has 0 aromatic carbocycles. The lowest BCUT2D eigenvalue weighted by molar-refractivity contribution is 0.0695. The van der Waals surface area contributed by atoms with Gasteiger partial charge >= 0.3 is 5.97 Å². The normalized spacial score (nSPS) is 15.4. The third-order valence-corrected chi connectivity index (χ3v) is 20.9. The molecule has 0 bridgehead atoms. The van der Waals surface area contributed by atoms with Gasteiger partial charge in [0, 0.05) is 101 Å². The van der Waals surface area contributed by atoms with Gasteiger partial charge in [0.15, 0.2) is 42.8 Å². The zero-order valence-electron chi connectivity index (χ0n) is 49.8. The van der Waals surface area contributed by atoms with E-state index in [2.05, 4.69) is 127 Å². The number of nitrogens with zero attached hydrogens (tertiary/aromatic N) is 13. The molecule has 0 spiro atoms. The average molecular weight is 1570 g/mol. The zero-order valence-corrected chi connectivity index (χ0v) is 57.9. The molecule has 0 unspecified atom stereocenters. The van der Waals surface area contributed by atoms with Crippen molar-refractivity contribution in [2.45, 2.75) is 120 Å². The molecule has 2 aliphatic rings. The van der Waals surface area contributed by atoms with Gasteiger partial charge < -0.3 is 9.84 Å². The maximum atomic E-state index is 14.6. The van der Waals surface area contributed by atoms with Crippen LogP contribution in [0.15, 0.2) is 61.3 Å². The molecule has 11 rings (SSSR count). The van der Waals surface area contributed by atoms with E-state index >= 15 is 0 Å². The fourth-order valence-electron chi connectivity index (χ4n) is 10.4. The number of carbonyl (C=O) groups excluding carboxylic acids is 3. The molecule has 87 heavy (non-hydrogen) atoms. The summed E-state index contributed by atoms with van der Waals surface area (Å²) in [5.74, 6) is -1.25. The van der Waals surface area contributed by atoms with Gasteiger partial charge in [0.2, 0.25) is 5.88 Å². The predicted octanol–water partition coefficient (Wildman–Crippen LogP) is 11.4. The lowest BCUT2D eigenvalue weighted by Gasteiger charge is -2.37. The summed E-state index contributed by atoms with van der Waals surface area (Å²) in [7, 11) is -5.99. The first-order valence-corrected chi connectivity index (χ1v) is 34.5. The maximum Gasteiger partial charge on any atom is 0.337 e. The van der Waals surface area contributed by atoms with Gasteiger partial charge in [0.05, 0.1) is 63.4 Å². The second kappa shape index (κ2) is 26.2. The number of hydrogen-bond acceptors (Lipinski definition) is 18. The fourth-order valence-corrected chi connectivity index (χ4v) is 16.8. The molecule has 9 aromatic heterocycles. The van der Waals surface area contributed by atoms with Crippen molar-refractivity contribution >= 4 is 155 Å². The Morgan fingerprint density at radius 2 is 0.897 bits per heavy atom. The molecule has 0 saturated carbocycles. The number of carboxylic acids is 1. The molecule has 9 aromatic rings. The van der Waals surface area contributed by atoms with E-state index in [4.69, 9.17) is 9.84 Å². The van der Waals surface area contributed by atoms with Crippen molar-refractivity contribution in [2.24, 2.45) is 10.8 Å². The number of ketones is 3. The minimum Gasteiger partial charge on any atom is -0.478 e. The molecule has 0 atom stereocenters. The first-order chi connectivity index (χ1) is 40.6. The summed E-state index contributed by atoms with van der Waals surface area (Å²) in [6.45, 7) is 23.4. The summed E-state index contributed by atoms with van der Waals surface area (Å²) in [5.41, 5.74) is 7.24. The van der Waals surface area contributed by atoms with Crippen molar-refractivity contribution in [1.82, 2.24) is 64.0 Å². The molecule has 2 aliphatic heterocycles. The fraction of sp³-hybridized carbons (Fsp3) is 0.431. The summed E-state index contributed by atoms with van der Waals surface area (Å²) in [6.07, 6.45) is 7.42. The van der Waals surface area contributed by atoms with Gasteiger partial charge in [-0.05, 0) is 161 Å². The van der Waals surface area contributed by atoms with E-state index in [1.165, 1.54) is 18.5 Å². The van der Waals surface area contributed by atoms with E-state index in [1.54, 1.807) is 47.7 Å². The van der Waals surface area contributed by atoms with Gasteiger partial charge in [-0.25, -0.2) is 31.0 Å². The molecular weight excluding hydrogens is 1500 g/mol. The van der Waals surface area contributed by atoms with E-state index in [1.807, 2.05) is 76.9 Å². The standard InChI is InChI=1S/C22H25FN4O4S.C15H18IN3O3S.C11H12IN3O.C10H10IN3O2/c1-5-31-19-7-15(16(23)10-24-19)20-21-17(27(26-20)13(2)3)6-14(9-25-21)18(28)8-22(4)11-32(29,30)12-22;1-9(2)19-11-4-10(6-17-13(11)14(16)18-19)12(20)5-15(3)7-23(21,22)8-15;1-6(2)15-9-4-8(7(3)16)5-13-10(9)11(12)14-15;1-5(2)14-7-3-6(10(15)16)4-12-8(7)9(11)13-14/h6-7,9-10,13H,5,8,11-12H2,1-4H3;4,6,9H,5,7-8H2,1-3H3;4-6H,1-3H3;3-5H,1-2H3,(H,15,16). The summed E-state index contributed by atoms with van der Waals surface area (Å²) in [4.78, 5) is 68.8. The molecule has 0 radical (unpaired) electrons. The Morgan fingerprint density at radius 3 is 1.26 bits per heavy atom. The molecular formula is C58H65FI3N13O10S2. The number of hydrogen-bond donors (Lipinski definition) is 1. The summed E-state index contributed by atoms with van der Waals surface area (Å²) in [5, 5.41) is 26.7. The summed E-state index contributed by atoms with van der Waals surface area (Å²) >= 11 is 6.40. The second-order valence-corrected chi connectivity index (χ2v) is 30.6. The van der Waals surface area contributed by atoms with Crippen molar-refractivity contribution in [2.75, 3.05) is 29.6 Å². The number of carboxylic acid groups (broad SMARTS) is 1. The summed E-state index contributed by atoms with van der Waals surface area (Å²) in [6, 6.07) is 9.01. The van der Waals surface area contributed by atoms with Crippen molar-refractivity contribution < 1.29 is 50.2 Å². The number of fused-ring (bicyclic) bond motifs is 4. The van der Waals surface area contributed by atoms with E-state index in [9.17, 15) is 40.4 Å². The van der Waals surface area contributed by atoms with Crippen LogP contribution in [0.2, 0.25) is 0 Å². The third kappa shape index (κ3) is 15.0. The van der Waals surface area contributed by atoms with Crippen LogP contribution in [0.1, 0.15) is 162 Å². The highest BCUT2D eigenvalue weighted by atomic mass is 127. The van der Waals surface area contributed by atoms with E-state index < -0.39 is 42.3 Å². The van der Waals surface area contributed by atoms with Crippen LogP contribution in [0.5, 0.6) is 5.88 Å². The monoisotopic (exact) mass is 1570 g/mol. The van der Waals surface area contributed by atoms with Crippen LogP contribution in [0.3, 0.4) is 0 Å². The minimum absolute atomic E-state index is 0.0129. The van der Waals surface area contributed by atoms with E-state index in [0.29, 0.717) is 40.0 Å². The number of rotatable bonds is 15.